The second kappa shape index (κ2) is 5.52. The van der Waals surface area contributed by atoms with E-state index in [2.05, 4.69) is 46.1 Å². The van der Waals surface area contributed by atoms with Gasteiger partial charge in [-0.15, -0.1) is 0 Å². The number of nitrogens with zero attached hydrogens (tertiary/aromatic N) is 4. The van der Waals surface area contributed by atoms with E-state index in [1.54, 1.807) is 0 Å². The molecule has 4 heteroatoms. The highest BCUT2D eigenvalue weighted by atomic mass is 15.3. The Balaban J connectivity index is 1.76. The number of rotatable bonds is 2. The van der Waals surface area contributed by atoms with Crippen molar-refractivity contribution in [2.24, 2.45) is 0 Å². The van der Waals surface area contributed by atoms with E-state index in [-0.39, 0.29) is 0 Å². The average molecular weight is 326 g/mol. The van der Waals surface area contributed by atoms with Crippen molar-refractivity contribution in [2.75, 3.05) is 0 Å². The molecule has 4 nitrogen and oxygen atoms in total. The minimum Gasteiger partial charge on any atom is -0.268 e. The molecule has 1 aromatic carbocycles. The number of fused-ring (bicyclic) bond motifs is 2. The molecule has 1 aliphatic heterocycles. The molecular weight excluding hydrogens is 308 g/mol. The number of pyridine rings is 2. The van der Waals surface area contributed by atoms with Crippen molar-refractivity contribution in [3.8, 4) is 22.5 Å². The Hall–Kier alpha value is -3.01. The predicted octanol–water partition coefficient (Wildman–Crippen LogP) is 4.41. The second-order valence-electron chi connectivity index (χ2n) is 6.60. The van der Waals surface area contributed by atoms with Crippen molar-refractivity contribution in [3.63, 3.8) is 0 Å². The van der Waals surface area contributed by atoms with Crippen LogP contribution in [0.1, 0.15) is 17.8 Å². The van der Waals surface area contributed by atoms with E-state index in [4.69, 9.17) is 10.1 Å². The first-order valence-electron chi connectivity index (χ1n) is 8.67. The smallest absolute Gasteiger partial charge is 0.119 e. The van der Waals surface area contributed by atoms with E-state index in [1.807, 2.05) is 25.4 Å². The summed E-state index contributed by atoms with van der Waals surface area (Å²) >= 11 is 0. The van der Waals surface area contributed by atoms with Crippen LogP contribution < -0.4 is 0 Å². The predicted molar refractivity (Wildman–Crippen MR) is 99.3 cm³/mol. The molecule has 1 aliphatic rings. The summed E-state index contributed by atoms with van der Waals surface area (Å²) in [4.78, 5) is 8.93. The van der Waals surface area contributed by atoms with Gasteiger partial charge in [0.2, 0.25) is 0 Å². The van der Waals surface area contributed by atoms with Crippen molar-refractivity contribution in [3.05, 3.63) is 66.2 Å². The summed E-state index contributed by atoms with van der Waals surface area (Å²) in [6.07, 6.45) is 5.99. The van der Waals surface area contributed by atoms with Crippen molar-refractivity contribution in [1.82, 2.24) is 19.7 Å². The van der Waals surface area contributed by atoms with Gasteiger partial charge >= 0.3 is 0 Å². The van der Waals surface area contributed by atoms with E-state index >= 15 is 0 Å². The Labute approximate surface area is 146 Å². The lowest BCUT2D eigenvalue weighted by Gasteiger charge is -2.07. The lowest BCUT2D eigenvalue weighted by molar-refractivity contribution is 0.658. The van der Waals surface area contributed by atoms with E-state index in [9.17, 15) is 0 Å². The fraction of sp³-hybridized carbons (Fsp3) is 0.190. The zero-order valence-corrected chi connectivity index (χ0v) is 14.1. The maximum Gasteiger partial charge on any atom is 0.119 e. The molecule has 0 bridgehead atoms. The van der Waals surface area contributed by atoms with Gasteiger partial charge in [0, 0.05) is 41.3 Å². The summed E-state index contributed by atoms with van der Waals surface area (Å²) in [5, 5.41) is 7.26. The molecule has 0 saturated heterocycles. The Morgan fingerprint density at radius 2 is 2.00 bits per heavy atom. The summed E-state index contributed by atoms with van der Waals surface area (Å²) in [7, 11) is 0. The third kappa shape index (κ3) is 2.33. The highest BCUT2D eigenvalue weighted by Crippen LogP contribution is 2.37. The average Bonchev–Trinajstić information content (AvgIpc) is 3.22. The molecule has 0 spiro atoms. The van der Waals surface area contributed by atoms with E-state index < -0.39 is 0 Å². The largest absolute Gasteiger partial charge is 0.268 e. The van der Waals surface area contributed by atoms with Gasteiger partial charge in [0.05, 0.1) is 5.69 Å². The first kappa shape index (κ1) is 14.3. The Morgan fingerprint density at radius 1 is 1.04 bits per heavy atom. The highest BCUT2D eigenvalue weighted by Gasteiger charge is 2.24. The lowest BCUT2D eigenvalue weighted by atomic mass is 9.97. The van der Waals surface area contributed by atoms with E-state index in [1.165, 1.54) is 22.2 Å². The molecule has 0 amide bonds. The summed E-state index contributed by atoms with van der Waals surface area (Å²) in [5.41, 5.74) is 6.72. The van der Waals surface area contributed by atoms with Gasteiger partial charge < -0.3 is 0 Å². The summed E-state index contributed by atoms with van der Waals surface area (Å²) in [6.45, 7) is 3.02. The topological polar surface area (TPSA) is 43.6 Å². The van der Waals surface area contributed by atoms with Crippen LogP contribution in [-0.4, -0.2) is 19.7 Å². The molecule has 0 unspecified atom stereocenters. The molecule has 0 fully saturated rings. The second-order valence-corrected chi connectivity index (χ2v) is 6.60. The number of aryl methyl sites for hydroxylation is 2. The molecule has 0 aliphatic carbocycles. The molecule has 122 valence electrons. The van der Waals surface area contributed by atoms with Gasteiger partial charge in [0.1, 0.15) is 5.69 Å². The number of aromatic nitrogens is 4. The molecule has 0 radical (unpaired) electrons. The van der Waals surface area contributed by atoms with Crippen LogP contribution in [-0.2, 0) is 13.0 Å². The van der Waals surface area contributed by atoms with Crippen LogP contribution in [0.4, 0.5) is 0 Å². The zero-order valence-electron chi connectivity index (χ0n) is 14.1. The molecular formula is C21H18N4. The summed E-state index contributed by atoms with van der Waals surface area (Å²) < 4.78 is 2.16. The molecule has 0 saturated carbocycles. The monoisotopic (exact) mass is 326 g/mol. The van der Waals surface area contributed by atoms with Crippen LogP contribution in [0.15, 0.2) is 54.9 Å². The van der Waals surface area contributed by atoms with Crippen LogP contribution in [0.25, 0.3) is 33.3 Å². The molecule has 0 atom stereocenters. The van der Waals surface area contributed by atoms with Gasteiger partial charge in [0.15, 0.2) is 0 Å². The fourth-order valence-corrected chi connectivity index (χ4v) is 3.73. The van der Waals surface area contributed by atoms with Crippen molar-refractivity contribution in [2.45, 2.75) is 26.3 Å². The standard InChI is InChI=1S/C21H18N4/c1-14-4-2-5-18(23-14)21-20(19-6-3-11-25(19)24-21)16-7-8-17-13-22-10-9-15(17)12-16/h2,4-5,7-10,12-13H,3,6,11H2,1H3. The van der Waals surface area contributed by atoms with E-state index in [0.717, 1.165) is 41.9 Å². The molecule has 5 rings (SSSR count). The van der Waals surface area contributed by atoms with Gasteiger partial charge in [-0.25, -0.2) is 0 Å². The van der Waals surface area contributed by atoms with Gasteiger partial charge in [-0.05, 0) is 55.0 Å². The molecule has 4 heterocycles. The number of hydrogen-bond acceptors (Lipinski definition) is 3. The minimum atomic E-state index is 0.951. The van der Waals surface area contributed by atoms with Crippen LogP contribution in [0.5, 0.6) is 0 Å². The number of hydrogen-bond donors (Lipinski definition) is 0. The van der Waals surface area contributed by atoms with Gasteiger partial charge in [0.25, 0.3) is 0 Å². The normalized spacial score (nSPS) is 13.3. The van der Waals surface area contributed by atoms with Crippen molar-refractivity contribution in [1.29, 1.82) is 0 Å². The van der Waals surface area contributed by atoms with Gasteiger partial charge in [-0.1, -0.05) is 18.2 Å². The highest BCUT2D eigenvalue weighted by molar-refractivity contribution is 5.90. The SMILES string of the molecule is Cc1cccc(-c2nn3c(c2-c2ccc4cnccc4c2)CCC3)n1. The Morgan fingerprint density at radius 3 is 2.92 bits per heavy atom. The lowest BCUT2D eigenvalue weighted by Crippen LogP contribution is -1.95. The third-order valence-corrected chi connectivity index (χ3v) is 4.90. The van der Waals surface area contributed by atoms with Crippen molar-refractivity contribution >= 4 is 10.8 Å². The van der Waals surface area contributed by atoms with Crippen LogP contribution >= 0.6 is 0 Å². The Bertz CT molecular complexity index is 1090. The first-order chi connectivity index (χ1) is 12.3. The molecule has 0 N–H and O–H groups in total. The third-order valence-electron chi connectivity index (χ3n) is 4.90. The maximum absolute atomic E-state index is 4.90. The zero-order chi connectivity index (χ0) is 16.8. The van der Waals surface area contributed by atoms with Gasteiger partial charge in [-0.3, -0.25) is 14.6 Å². The fourth-order valence-electron chi connectivity index (χ4n) is 3.73. The van der Waals surface area contributed by atoms with Crippen LogP contribution in [0, 0.1) is 6.92 Å². The van der Waals surface area contributed by atoms with Crippen LogP contribution in [0.2, 0.25) is 0 Å². The minimum absolute atomic E-state index is 0.951. The Kier molecular flexibility index (Phi) is 3.17. The maximum atomic E-state index is 4.90. The van der Waals surface area contributed by atoms with Crippen LogP contribution in [0.3, 0.4) is 0 Å². The van der Waals surface area contributed by atoms with Crippen molar-refractivity contribution < 1.29 is 0 Å². The summed E-state index contributed by atoms with van der Waals surface area (Å²) in [6, 6.07) is 14.8. The molecule has 25 heavy (non-hydrogen) atoms. The summed E-state index contributed by atoms with van der Waals surface area (Å²) in [5.74, 6) is 0. The first-order valence-corrected chi connectivity index (χ1v) is 8.67. The van der Waals surface area contributed by atoms with Gasteiger partial charge in [-0.2, -0.15) is 5.10 Å². The quantitative estimate of drug-likeness (QED) is 0.548. The molecule has 4 aromatic rings. The number of benzene rings is 1. The molecule has 3 aromatic heterocycles. The van der Waals surface area contributed by atoms with E-state index in [0.29, 0.717) is 0 Å².